The molecule has 4 aromatic heterocycles. The molecule has 8 nitrogen and oxygen atoms in total. The molecule has 0 aliphatic carbocycles. The molecule has 0 saturated heterocycles. The summed E-state index contributed by atoms with van der Waals surface area (Å²) in [6.07, 6.45) is 7.68. The van der Waals surface area contributed by atoms with Crippen molar-refractivity contribution in [1.29, 1.82) is 0 Å². The lowest BCUT2D eigenvalue weighted by molar-refractivity contribution is 0.0786. The first kappa shape index (κ1) is 20.8. The molecule has 0 aromatic carbocycles. The van der Waals surface area contributed by atoms with Crippen LogP contribution in [0.5, 0.6) is 0 Å². The molecule has 11 heteroatoms. The molecule has 4 aromatic rings. The number of rotatable bonds is 8. The fourth-order valence-corrected chi connectivity index (χ4v) is 4.47. The number of anilines is 2. The highest BCUT2D eigenvalue weighted by Crippen LogP contribution is 2.26. The van der Waals surface area contributed by atoms with E-state index >= 15 is 0 Å². The van der Waals surface area contributed by atoms with E-state index in [9.17, 15) is 0 Å². The molecule has 4 heterocycles. The van der Waals surface area contributed by atoms with E-state index in [-0.39, 0.29) is 0 Å². The maximum Gasteiger partial charge on any atom is 0.180 e. The SMILES string of the molecule is Bc1cn2c(-c3cnn(COCC[Si](C)(C)C)c3)cnc2c(Nc2cc(C)ns2)n1. The molecular formula is C19H26BN7OSSi. The van der Waals surface area contributed by atoms with Gasteiger partial charge in [0.1, 0.15) is 11.7 Å². The monoisotopic (exact) mass is 439 g/mol. The Bertz CT molecular complexity index is 1160. The van der Waals surface area contributed by atoms with Gasteiger partial charge in [-0.05, 0) is 30.6 Å². The lowest BCUT2D eigenvalue weighted by atomic mass is 10.1. The van der Waals surface area contributed by atoms with E-state index in [1.54, 1.807) is 0 Å². The number of nitrogens with one attached hydrogen (secondary N) is 1. The third-order valence-electron chi connectivity index (χ3n) is 4.63. The van der Waals surface area contributed by atoms with Crippen LogP contribution in [0.2, 0.25) is 25.7 Å². The van der Waals surface area contributed by atoms with Crippen molar-refractivity contribution in [3.05, 3.63) is 36.5 Å². The second-order valence-corrected chi connectivity index (χ2v) is 15.1. The van der Waals surface area contributed by atoms with Gasteiger partial charge in [0.05, 0.1) is 23.8 Å². The minimum atomic E-state index is -1.08. The fraction of sp³-hybridized carbons (Fsp3) is 0.368. The molecule has 0 amide bonds. The Hall–Kier alpha value is -2.50. The summed E-state index contributed by atoms with van der Waals surface area (Å²) < 4.78 is 14.0. The molecular weight excluding hydrogens is 413 g/mol. The number of imidazole rings is 1. The summed E-state index contributed by atoms with van der Waals surface area (Å²) >= 11 is 1.41. The normalized spacial score (nSPS) is 12.0. The van der Waals surface area contributed by atoms with Crippen molar-refractivity contribution in [3.63, 3.8) is 0 Å². The minimum absolute atomic E-state index is 0.458. The van der Waals surface area contributed by atoms with Crippen LogP contribution in [0.3, 0.4) is 0 Å². The van der Waals surface area contributed by atoms with Crippen LogP contribution in [0.4, 0.5) is 10.8 Å². The summed E-state index contributed by atoms with van der Waals surface area (Å²) in [4.78, 5) is 9.24. The van der Waals surface area contributed by atoms with E-state index in [1.165, 1.54) is 11.5 Å². The first-order valence-electron chi connectivity index (χ1n) is 9.94. The van der Waals surface area contributed by atoms with E-state index in [0.29, 0.717) is 12.5 Å². The number of aryl methyl sites for hydroxylation is 1. The molecule has 0 saturated carbocycles. The van der Waals surface area contributed by atoms with Crippen LogP contribution in [0.1, 0.15) is 5.69 Å². The number of hydrogen-bond acceptors (Lipinski definition) is 7. The van der Waals surface area contributed by atoms with Crippen LogP contribution in [-0.2, 0) is 11.5 Å². The van der Waals surface area contributed by atoms with Gasteiger partial charge >= 0.3 is 0 Å². The van der Waals surface area contributed by atoms with Crippen molar-refractivity contribution in [2.24, 2.45) is 0 Å². The highest BCUT2D eigenvalue weighted by atomic mass is 32.1. The highest BCUT2D eigenvalue weighted by Gasteiger charge is 2.15. The van der Waals surface area contributed by atoms with Crippen molar-refractivity contribution in [2.75, 3.05) is 11.9 Å². The van der Waals surface area contributed by atoms with Gasteiger partial charge in [-0.1, -0.05) is 19.6 Å². The zero-order valence-electron chi connectivity index (χ0n) is 18.0. The third kappa shape index (κ3) is 4.80. The lowest BCUT2D eigenvalue weighted by Gasteiger charge is -2.15. The van der Waals surface area contributed by atoms with Gasteiger partial charge < -0.3 is 10.1 Å². The Morgan fingerprint density at radius 3 is 2.80 bits per heavy atom. The molecule has 30 heavy (non-hydrogen) atoms. The predicted octanol–water partition coefficient (Wildman–Crippen LogP) is 2.67. The second-order valence-electron chi connectivity index (χ2n) is 8.64. The zero-order valence-corrected chi connectivity index (χ0v) is 19.8. The van der Waals surface area contributed by atoms with Crippen molar-refractivity contribution < 1.29 is 4.74 Å². The average Bonchev–Trinajstić information content (AvgIpc) is 3.37. The molecule has 0 spiro atoms. The van der Waals surface area contributed by atoms with Crippen molar-refractivity contribution in [2.45, 2.75) is 39.3 Å². The van der Waals surface area contributed by atoms with Gasteiger partial charge in [-0.2, -0.15) is 9.47 Å². The Balaban J connectivity index is 1.54. The van der Waals surface area contributed by atoms with Crippen molar-refractivity contribution >= 4 is 49.5 Å². The number of fused-ring (bicyclic) bond motifs is 1. The maximum atomic E-state index is 5.81. The van der Waals surface area contributed by atoms with Crippen LogP contribution < -0.4 is 10.9 Å². The van der Waals surface area contributed by atoms with Gasteiger partial charge in [0, 0.05) is 38.2 Å². The molecule has 156 valence electrons. The van der Waals surface area contributed by atoms with Crippen LogP contribution >= 0.6 is 11.5 Å². The Morgan fingerprint density at radius 2 is 2.07 bits per heavy atom. The first-order valence-corrected chi connectivity index (χ1v) is 14.4. The summed E-state index contributed by atoms with van der Waals surface area (Å²) in [6.45, 7) is 10.3. The summed E-state index contributed by atoms with van der Waals surface area (Å²) in [7, 11) is 0.891. The molecule has 1 N–H and O–H groups in total. The summed E-state index contributed by atoms with van der Waals surface area (Å²) in [5.74, 6) is 0.715. The van der Waals surface area contributed by atoms with E-state index < -0.39 is 8.07 Å². The lowest BCUT2D eigenvalue weighted by Crippen LogP contribution is -2.22. The molecule has 0 bridgehead atoms. The molecule has 0 aliphatic heterocycles. The molecule has 0 aliphatic rings. The fourth-order valence-electron chi connectivity index (χ4n) is 3.05. The number of nitrogens with zero attached hydrogens (tertiary/aromatic N) is 6. The topological polar surface area (TPSA) is 82.2 Å². The Kier molecular flexibility index (Phi) is 5.76. The van der Waals surface area contributed by atoms with Gasteiger partial charge in [0.2, 0.25) is 0 Å². The van der Waals surface area contributed by atoms with Gasteiger partial charge in [-0.15, -0.1) is 0 Å². The van der Waals surface area contributed by atoms with E-state index in [4.69, 9.17) is 4.74 Å². The molecule has 4 rings (SSSR count). The number of ether oxygens (including phenoxy) is 1. The van der Waals surface area contributed by atoms with Gasteiger partial charge in [0.25, 0.3) is 0 Å². The zero-order chi connectivity index (χ0) is 21.3. The first-order chi connectivity index (χ1) is 14.3. The van der Waals surface area contributed by atoms with Crippen LogP contribution in [-0.4, -0.2) is 51.0 Å². The van der Waals surface area contributed by atoms with Crippen LogP contribution in [0.15, 0.2) is 30.9 Å². The third-order valence-corrected chi connectivity index (χ3v) is 7.13. The van der Waals surface area contributed by atoms with E-state index in [0.717, 1.165) is 45.8 Å². The largest absolute Gasteiger partial charge is 0.360 e. The molecule has 0 radical (unpaired) electrons. The average molecular weight is 439 g/mol. The number of aromatic nitrogens is 6. The Labute approximate surface area is 181 Å². The van der Waals surface area contributed by atoms with Crippen molar-refractivity contribution in [3.8, 4) is 11.3 Å². The van der Waals surface area contributed by atoms with Crippen molar-refractivity contribution in [1.82, 2.24) is 28.5 Å². The molecule has 0 fully saturated rings. The molecule has 0 unspecified atom stereocenters. The maximum absolute atomic E-state index is 5.81. The summed E-state index contributed by atoms with van der Waals surface area (Å²) in [6, 6.07) is 3.15. The molecule has 0 atom stereocenters. The van der Waals surface area contributed by atoms with Crippen LogP contribution in [0, 0.1) is 6.92 Å². The summed E-state index contributed by atoms with van der Waals surface area (Å²) in [5, 5.41) is 8.75. The Morgan fingerprint density at radius 1 is 1.23 bits per heavy atom. The van der Waals surface area contributed by atoms with Gasteiger partial charge in [-0.3, -0.25) is 4.40 Å². The smallest absolute Gasteiger partial charge is 0.180 e. The van der Waals surface area contributed by atoms with Gasteiger partial charge in [-0.25, -0.2) is 14.6 Å². The minimum Gasteiger partial charge on any atom is -0.360 e. The van der Waals surface area contributed by atoms with E-state index in [1.807, 2.05) is 54.7 Å². The number of hydrogen-bond donors (Lipinski definition) is 1. The second kappa shape index (κ2) is 8.32. The quantitative estimate of drug-likeness (QED) is 0.336. The van der Waals surface area contributed by atoms with Crippen LogP contribution in [0.25, 0.3) is 16.9 Å². The van der Waals surface area contributed by atoms with Gasteiger partial charge in [0.15, 0.2) is 19.3 Å². The standard InChI is InChI=1S/C19H26BN7OSSi/c1-13-7-17(29-25-13)24-18-19-21-9-15(27(19)11-16(20)23-18)14-8-22-26(10-14)12-28-5-6-30(2,3)4/h7-11H,5-6,12,20H2,1-4H3,(H,23,24). The highest BCUT2D eigenvalue weighted by molar-refractivity contribution is 7.10. The van der Waals surface area contributed by atoms with E-state index in [2.05, 4.69) is 44.4 Å². The summed E-state index contributed by atoms with van der Waals surface area (Å²) in [5.41, 5.74) is 4.59. The predicted molar refractivity (Wildman–Crippen MR) is 127 cm³/mol.